The summed E-state index contributed by atoms with van der Waals surface area (Å²) in [5, 5.41) is 3.06. The highest BCUT2D eigenvalue weighted by Crippen LogP contribution is 1.97. The average Bonchev–Trinajstić information content (AvgIpc) is 1.95. The molecule has 0 fully saturated rings. The van der Waals surface area contributed by atoms with Crippen LogP contribution < -0.4 is 5.32 Å². The molecule has 0 aliphatic rings. The molecule has 0 aliphatic heterocycles. The smallest absolute Gasteiger partial charge is 0.319 e. The number of hydrogen-bond acceptors (Lipinski definition) is 3. The maximum atomic E-state index is 11.0. The molecule has 0 heterocycles. The lowest BCUT2D eigenvalue weighted by molar-refractivity contribution is -0.142. The molecule has 0 saturated carbocycles. The van der Waals surface area contributed by atoms with Gasteiger partial charge in [0, 0.05) is 5.54 Å². The number of hydrogen-bond donors (Lipinski definition) is 1. The molecule has 0 aliphatic carbocycles. The van der Waals surface area contributed by atoms with Gasteiger partial charge in [0.2, 0.25) is 0 Å². The number of nitrogens with one attached hydrogen (secondary N) is 1. The van der Waals surface area contributed by atoms with Gasteiger partial charge in [0.15, 0.2) is 0 Å². The molecule has 0 radical (unpaired) electrons. The monoisotopic (exact) mass is 173 g/mol. The fourth-order valence-corrected chi connectivity index (χ4v) is 0.604. The third-order valence-electron chi connectivity index (χ3n) is 1.23. The van der Waals surface area contributed by atoms with Crippen LogP contribution in [0.2, 0.25) is 0 Å². The predicted molar refractivity (Wildman–Crippen MR) is 49.0 cm³/mol. The van der Waals surface area contributed by atoms with Crippen LogP contribution in [0.25, 0.3) is 0 Å². The highest BCUT2D eigenvalue weighted by molar-refractivity contribution is 5.71. The molecule has 12 heavy (non-hydrogen) atoms. The van der Waals surface area contributed by atoms with E-state index in [9.17, 15) is 4.79 Å². The fourth-order valence-electron chi connectivity index (χ4n) is 0.604. The van der Waals surface area contributed by atoms with E-state index in [-0.39, 0.29) is 11.5 Å². The second kappa shape index (κ2) is 5.14. The van der Waals surface area contributed by atoms with Gasteiger partial charge in [-0.2, -0.15) is 0 Å². The highest BCUT2D eigenvalue weighted by atomic mass is 16.5. The summed E-state index contributed by atoms with van der Waals surface area (Å²) in [6.07, 6.45) is 0.876. The van der Waals surface area contributed by atoms with Crippen LogP contribution in [0.5, 0.6) is 0 Å². The molecular weight excluding hydrogens is 154 g/mol. The van der Waals surface area contributed by atoms with Crippen LogP contribution in [0.1, 0.15) is 34.1 Å². The Balaban J connectivity index is 3.44. The molecule has 0 aromatic carbocycles. The Bertz CT molecular complexity index is 138. The molecule has 0 rings (SSSR count). The van der Waals surface area contributed by atoms with Gasteiger partial charge in [-0.15, -0.1) is 0 Å². The van der Waals surface area contributed by atoms with Crippen molar-refractivity contribution in [1.82, 2.24) is 5.32 Å². The molecule has 0 aromatic rings. The van der Waals surface area contributed by atoms with Gasteiger partial charge in [-0.25, -0.2) is 0 Å². The van der Waals surface area contributed by atoms with Gasteiger partial charge >= 0.3 is 5.97 Å². The first kappa shape index (κ1) is 11.4. The van der Waals surface area contributed by atoms with Gasteiger partial charge in [0.05, 0.1) is 13.2 Å². The molecule has 0 bridgehead atoms. The largest absolute Gasteiger partial charge is 0.465 e. The molecule has 3 heteroatoms. The van der Waals surface area contributed by atoms with Crippen LogP contribution in [-0.4, -0.2) is 24.7 Å². The summed E-state index contributed by atoms with van der Waals surface area (Å²) in [6, 6.07) is 0. The molecule has 0 saturated heterocycles. The third-order valence-corrected chi connectivity index (χ3v) is 1.23. The van der Waals surface area contributed by atoms with Crippen molar-refractivity contribution in [2.45, 2.75) is 39.7 Å². The van der Waals surface area contributed by atoms with Crippen LogP contribution in [0.15, 0.2) is 0 Å². The van der Waals surface area contributed by atoms with Crippen molar-refractivity contribution in [2.75, 3.05) is 13.2 Å². The van der Waals surface area contributed by atoms with Crippen molar-refractivity contribution < 1.29 is 9.53 Å². The Morgan fingerprint density at radius 2 is 2.00 bits per heavy atom. The summed E-state index contributed by atoms with van der Waals surface area (Å²) in [5.74, 6) is -0.174. The van der Waals surface area contributed by atoms with Crippen LogP contribution in [0, 0.1) is 0 Å². The second-order valence-electron chi connectivity index (χ2n) is 3.82. The number of esters is 1. The maximum Gasteiger partial charge on any atom is 0.319 e. The zero-order valence-corrected chi connectivity index (χ0v) is 8.44. The van der Waals surface area contributed by atoms with Crippen LogP contribution in [-0.2, 0) is 9.53 Å². The Morgan fingerprint density at radius 1 is 1.42 bits per heavy atom. The summed E-state index contributed by atoms with van der Waals surface area (Å²) >= 11 is 0. The number of ether oxygens (including phenoxy) is 1. The first-order valence-electron chi connectivity index (χ1n) is 4.36. The summed E-state index contributed by atoms with van der Waals surface area (Å²) in [6.45, 7) is 8.83. The summed E-state index contributed by atoms with van der Waals surface area (Å²) in [4.78, 5) is 11.0. The second-order valence-corrected chi connectivity index (χ2v) is 3.82. The molecule has 0 spiro atoms. The van der Waals surface area contributed by atoms with Gasteiger partial charge < -0.3 is 10.1 Å². The molecule has 3 nitrogen and oxygen atoms in total. The normalized spacial score (nSPS) is 11.3. The molecule has 0 unspecified atom stereocenters. The van der Waals surface area contributed by atoms with Gasteiger partial charge in [-0.1, -0.05) is 6.92 Å². The van der Waals surface area contributed by atoms with E-state index in [1.165, 1.54) is 0 Å². The minimum absolute atomic E-state index is 0.0226. The van der Waals surface area contributed by atoms with E-state index in [1.807, 2.05) is 27.7 Å². The predicted octanol–water partition coefficient (Wildman–Crippen LogP) is 1.33. The lowest BCUT2D eigenvalue weighted by Gasteiger charge is -2.19. The van der Waals surface area contributed by atoms with E-state index in [0.717, 1.165) is 6.42 Å². The SMILES string of the molecule is CCCOC(=O)CNC(C)(C)C. The molecule has 0 atom stereocenters. The van der Waals surface area contributed by atoms with Crippen LogP contribution in [0.3, 0.4) is 0 Å². The summed E-state index contributed by atoms with van der Waals surface area (Å²) in [5.41, 5.74) is -0.0226. The fraction of sp³-hybridized carbons (Fsp3) is 0.889. The lowest BCUT2D eigenvalue weighted by Crippen LogP contribution is -2.39. The summed E-state index contributed by atoms with van der Waals surface area (Å²) in [7, 11) is 0. The quantitative estimate of drug-likeness (QED) is 0.652. The van der Waals surface area contributed by atoms with Crippen molar-refractivity contribution in [1.29, 1.82) is 0 Å². The zero-order chi connectivity index (χ0) is 9.61. The molecular formula is C9H19NO2. The number of carbonyl (C=O) groups excluding carboxylic acids is 1. The van der Waals surface area contributed by atoms with Gasteiger partial charge in [0.1, 0.15) is 0 Å². The topological polar surface area (TPSA) is 38.3 Å². The average molecular weight is 173 g/mol. The minimum atomic E-state index is -0.174. The van der Waals surface area contributed by atoms with Crippen molar-refractivity contribution in [2.24, 2.45) is 0 Å². The van der Waals surface area contributed by atoms with E-state index in [0.29, 0.717) is 13.2 Å². The van der Waals surface area contributed by atoms with Crippen molar-refractivity contribution >= 4 is 5.97 Å². The standard InChI is InChI=1S/C9H19NO2/c1-5-6-12-8(11)7-10-9(2,3)4/h10H,5-7H2,1-4H3. The van der Waals surface area contributed by atoms with Crippen molar-refractivity contribution in [3.63, 3.8) is 0 Å². The first-order chi connectivity index (χ1) is 5.45. The molecule has 0 amide bonds. The molecule has 1 N–H and O–H groups in total. The summed E-state index contributed by atoms with van der Waals surface area (Å²) < 4.78 is 4.89. The van der Waals surface area contributed by atoms with Gasteiger partial charge in [-0.3, -0.25) is 4.79 Å². The maximum absolute atomic E-state index is 11.0. The lowest BCUT2D eigenvalue weighted by atomic mass is 10.1. The van der Waals surface area contributed by atoms with E-state index in [1.54, 1.807) is 0 Å². The van der Waals surface area contributed by atoms with Crippen molar-refractivity contribution in [3.05, 3.63) is 0 Å². The van der Waals surface area contributed by atoms with E-state index >= 15 is 0 Å². The Hall–Kier alpha value is -0.570. The first-order valence-corrected chi connectivity index (χ1v) is 4.36. The van der Waals surface area contributed by atoms with Gasteiger partial charge in [-0.05, 0) is 27.2 Å². The Morgan fingerprint density at radius 3 is 2.42 bits per heavy atom. The minimum Gasteiger partial charge on any atom is -0.465 e. The van der Waals surface area contributed by atoms with E-state index in [4.69, 9.17) is 4.74 Å². The van der Waals surface area contributed by atoms with Crippen molar-refractivity contribution in [3.8, 4) is 0 Å². The Labute approximate surface area is 74.5 Å². The van der Waals surface area contributed by atoms with Crippen LogP contribution in [0.4, 0.5) is 0 Å². The molecule has 0 aromatic heterocycles. The molecule has 72 valence electrons. The van der Waals surface area contributed by atoms with E-state index < -0.39 is 0 Å². The number of rotatable bonds is 4. The Kier molecular flexibility index (Phi) is 4.90. The van der Waals surface area contributed by atoms with Crippen LogP contribution >= 0.6 is 0 Å². The highest BCUT2D eigenvalue weighted by Gasteiger charge is 2.11. The number of carbonyl (C=O) groups is 1. The van der Waals surface area contributed by atoms with Gasteiger partial charge in [0.25, 0.3) is 0 Å². The zero-order valence-electron chi connectivity index (χ0n) is 8.44. The van der Waals surface area contributed by atoms with E-state index in [2.05, 4.69) is 5.32 Å². The third kappa shape index (κ3) is 7.54.